The summed E-state index contributed by atoms with van der Waals surface area (Å²) in [6, 6.07) is 7.11. The fraction of sp³-hybridized carbons (Fsp3) is 0.200. The molecule has 2 amide bonds. The smallest absolute Gasteiger partial charge is 0.258 e. The molecule has 0 fully saturated rings. The third-order valence-electron chi connectivity index (χ3n) is 2.26. The predicted molar refractivity (Wildman–Crippen MR) is 76.5 cm³/mol. The molecule has 1 aromatic rings. The van der Waals surface area contributed by atoms with Crippen molar-refractivity contribution in [1.82, 2.24) is 0 Å². The van der Waals surface area contributed by atoms with Gasteiger partial charge in [-0.25, -0.2) is 4.90 Å². The number of nitrogens with zero attached hydrogens (tertiary/aromatic N) is 1. The zero-order valence-corrected chi connectivity index (χ0v) is 11.2. The third-order valence-corrected chi connectivity index (χ3v) is 2.26. The van der Waals surface area contributed by atoms with Crippen molar-refractivity contribution in [2.75, 3.05) is 4.90 Å². The number of para-hydroxylation sites is 1. The summed E-state index contributed by atoms with van der Waals surface area (Å²) in [5.74, 6) is -0.637. The second-order valence-electron chi connectivity index (χ2n) is 4.39. The lowest BCUT2D eigenvalue weighted by Crippen LogP contribution is -2.30. The summed E-state index contributed by atoms with van der Waals surface area (Å²) >= 11 is 0. The molecule has 2 N–H and O–H groups in total. The van der Waals surface area contributed by atoms with E-state index in [2.05, 4.69) is 6.58 Å². The van der Waals surface area contributed by atoms with Gasteiger partial charge < -0.3 is 5.73 Å². The molecule has 0 unspecified atom stereocenters. The normalized spacial score (nSPS) is 13.3. The summed E-state index contributed by atoms with van der Waals surface area (Å²) in [5.41, 5.74) is 8.06. The van der Waals surface area contributed by atoms with Gasteiger partial charge in [-0.1, -0.05) is 23.8 Å². The number of carbonyl (C=O) groups is 2. The van der Waals surface area contributed by atoms with Crippen molar-refractivity contribution in [3.05, 3.63) is 54.1 Å². The van der Waals surface area contributed by atoms with Crippen LogP contribution in [0.4, 0.5) is 5.69 Å². The molecule has 2 rings (SSSR count). The Morgan fingerprint density at radius 1 is 1.16 bits per heavy atom. The number of amides is 2. The van der Waals surface area contributed by atoms with Crippen LogP contribution in [0.25, 0.3) is 0 Å². The molecular formula is C15H18N2O2. The number of allylic oxidation sites excluding steroid dienone is 1. The highest BCUT2D eigenvalue weighted by Crippen LogP contribution is 2.22. The number of benzene rings is 1. The topological polar surface area (TPSA) is 63.4 Å². The van der Waals surface area contributed by atoms with Crippen LogP contribution in [0.2, 0.25) is 0 Å². The summed E-state index contributed by atoms with van der Waals surface area (Å²) in [7, 11) is 0. The minimum absolute atomic E-state index is 0.299. The second kappa shape index (κ2) is 6.66. The lowest BCUT2D eigenvalue weighted by atomic mass is 10.1. The SMILES string of the molecule is C=C(C)C.NCc1ccccc1N1C(=O)C=CC1=O. The van der Waals surface area contributed by atoms with E-state index in [1.165, 1.54) is 17.7 Å². The van der Waals surface area contributed by atoms with Gasteiger partial charge >= 0.3 is 0 Å². The average Bonchev–Trinajstić information content (AvgIpc) is 2.68. The van der Waals surface area contributed by atoms with E-state index in [4.69, 9.17) is 5.73 Å². The lowest BCUT2D eigenvalue weighted by molar-refractivity contribution is -0.119. The van der Waals surface area contributed by atoms with E-state index in [9.17, 15) is 9.59 Å². The van der Waals surface area contributed by atoms with Gasteiger partial charge in [0, 0.05) is 18.7 Å². The summed E-state index contributed by atoms with van der Waals surface area (Å²) < 4.78 is 0. The zero-order valence-electron chi connectivity index (χ0n) is 11.2. The van der Waals surface area contributed by atoms with Crippen molar-refractivity contribution in [1.29, 1.82) is 0 Å². The maximum atomic E-state index is 11.4. The standard InChI is InChI=1S/C11H10N2O2.C4H8/c12-7-8-3-1-2-4-9(8)13-10(14)5-6-11(13)15;1-4(2)3/h1-6H,7,12H2;1H2,2-3H3. The van der Waals surface area contributed by atoms with Crippen molar-refractivity contribution in [3.63, 3.8) is 0 Å². The van der Waals surface area contributed by atoms with E-state index in [0.29, 0.717) is 12.2 Å². The van der Waals surface area contributed by atoms with Crippen LogP contribution < -0.4 is 10.6 Å². The average molecular weight is 258 g/mol. The Morgan fingerprint density at radius 3 is 2.11 bits per heavy atom. The van der Waals surface area contributed by atoms with Crippen LogP contribution in [0.1, 0.15) is 19.4 Å². The van der Waals surface area contributed by atoms with Gasteiger partial charge in [0.2, 0.25) is 0 Å². The van der Waals surface area contributed by atoms with E-state index in [1.807, 2.05) is 19.9 Å². The molecule has 0 saturated heterocycles. The maximum Gasteiger partial charge on any atom is 0.258 e. The van der Waals surface area contributed by atoms with E-state index < -0.39 is 0 Å². The molecule has 19 heavy (non-hydrogen) atoms. The van der Waals surface area contributed by atoms with E-state index in [1.54, 1.807) is 18.2 Å². The fourth-order valence-corrected chi connectivity index (χ4v) is 1.54. The van der Waals surface area contributed by atoms with Gasteiger partial charge in [-0.05, 0) is 25.5 Å². The van der Waals surface area contributed by atoms with Crippen LogP contribution in [0.5, 0.6) is 0 Å². The Balaban J connectivity index is 0.000000399. The summed E-state index contributed by atoms with van der Waals surface area (Å²) in [6.45, 7) is 7.80. The maximum absolute atomic E-state index is 11.4. The molecule has 0 atom stereocenters. The van der Waals surface area contributed by atoms with Crippen LogP contribution in [0.15, 0.2) is 48.6 Å². The molecule has 1 aliphatic rings. The number of anilines is 1. The summed E-state index contributed by atoms with van der Waals surface area (Å²) in [6.07, 6.45) is 2.52. The molecule has 0 spiro atoms. The number of rotatable bonds is 2. The zero-order chi connectivity index (χ0) is 14.4. The first-order chi connectivity index (χ1) is 8.97. The van der Waals surface area contributed by atoms with E-state index >= 15 is 0 Å². The van der Waals surface area contributed by atoms with Gasteiger partial charge in [0.1, 0.15) is 0 Å². The molecule has 1 aromatic carbocycles. The number of hydrogen-bond donors (Lipinski definition) is 1. The van der Waals surface area contributed by atoms with Gasteiger partial charge in [-0.2, -0.15) is 0 Å². The molecule has 0 radical (unpaired) electrons. The Morgan fingerprint density at radius 2 is 1.63 bits per heavy atom. The first-order valence-electron chi connectivity index (χ1n) is 5.93. The predicted octanol–water partition coefficient (Wildman–Crippen LogP) is 2.16. The third kappa shape index (κ3) is 3.89. The molecule has 0 aromatic heterocycles. The first-order valence-corrected chi connectivity index (χ1v) is 5.93. The van der Waals surface area contributed by atoms with Crippen LogP contribution in [0.3, 0.4) is 0 Å². The van der Waals surface area contributed by atoms with E-state index in [0.717, 1.165) is 10.5 Å². The fourth-order valence-electron chi connectivity index (χ4n) is 1.54. The summed E-state index contributed by atoms with van der Waals surface area (Å²) in [4.78, 5) is 24.0. The summed E-state index contributed by atoms with van der Waals surface area (Å²) in [5, 5.41) is 0. The van der Waals surface area contributed by atoms with Crippen LogP contribution in [0, 0.1) is 0 Å². The molecule has 1 aliphatic heterocycles. The second-order valence-corrected chi connectivity index (χ2v) is 4.39. The molecule has 0 aliphatic carbocycles. The minimum atomic E-state index is -0.319. The van der Waals surface area contributed by atoms with Crippen LogP contribution >= 0.6 is 0 Å². The van der Waals surface area contributed by atoms with Gasteiger partial charge in [0.15, 0.2) is 0 Å². The Hall–Kier alpha value is -2.20. The van der Waals surface area contributed by atoms with Crippen LogP contribution in [-0.4, -0.2) is 11.8 Å². The van der Waals surface area contributed by atoms with Crippen molar-refractivity contribution < 1.29 is 9.59 Å². The Bertz CT molecular complexity index is 511. The molecule has 4 heteroatoms. The largest absolute Gasteiger partial charge is 0.326 e. The molecule has 0 saturated carbocycles. The molecule has 100 valence electrons. The van der Waals surface area contributed by atoms with Crippen molar-refractivity contribution in [2.24, 2.45) is 5.73 Å². The Labute approximate surface area is 113 Å². The molecular weight excluding hydrogens is 240 g/mol. The number of hydrogen-bond acceptors (Lipinski definition) is 3. The molecule has 1 heterocycles. The number of carbonyl (C=O) groups excluding carboxylic acids is 2. The highest BCUT2D eigenvalue weighted by Gasteiger charge is 2.26. The molecule has 4 nitrogen and oxygen atoms in total. The number of imide groups is 1. The number of nitrogens with two attached hydrogens (primary N) is 1. The van der Waals surface area contributed by atoms with Gasteiger partial charge in [-0.15, -0.1) is 6.58 Å². The lowest BCUT2D eigenvalue weighted by Gasteiger charge is -2.16. The first kappa shape index (κ1) is 14.9. The van der Waals surface area contributed by atoms with Gasteiger partial charge in [-0.3, -0.25) is 9.59 Å². The highest BCUT2D eigenvalue weighted by atomic mass is 16.2. The van der Waals surface area contributed by atoms with E-state index in [-0.39, 0.29) is 11.8 Å². The quantitative estimate of drug-likeness (QED) is 0.653. The van der Waals surface area contributed by atoms with Crippen molar-refractivity contribution in [2.45, 2.75) is 20.4 Å². The van der Waals surface area contributed by atoms with Crippen LogP contribution in [-0.2, 0) is 16.1 Å². The van der Waals surface area contributed by atoms with Gasteiger partial charge in [0.25, 0.3) is 11.8 Å². The van der Waals surface area contributed by atoms with Crippen molar-refractivity contribution in [3.8, 4) is 0 Å². The molecule has 0 bridgehead atoms. The van der Waals surface area contributed by atoms with Gasteiger partial charge in [0.05, 0.1) is 5.69 Å². The Kier molecular flexibility index (Phi) is 5.21. The van der Waals surface area contributed by atoms with Crippen molar-refractivity contribution >= 4 is 17.5 Å². The minimum Gasteiger partial charge on any atom is -0.326 e. The highest BCUT2D eigenvalue weighted by molar-refractivity contribution is 6.28. The monoisotopic (exact) mass is 258 g/mol.